The van der Waals surface area contributed by atoms with E-state index in [9.17, 15) is 5.11 Å². The Kier molecular flexibility index (Phi) is 3.88. The Morgan fingerprint density at radius 3 is 2.37 bits per heavy atom. The van der Waals surface area contributed by atoms with Crippen molar-refractivity contribution in [1.29, 1.82) is 0 Å². The molecule has 0 aliphatic rings. The van der Waals surface area contributed by atoms with Crippen molar-refractivity contribution in [3.63, 3.8) is 0 Å². The van der Waals surface area contributed by atoms with Gasteiger partial charge in [0.1, 0.15) is 11.5 Å². The van der Waals surface area contributed by atoms with Crippen LogP contribution in [0.3, 0.4) is 0 Å². The number of hydrogen-bond donors (Lipinski definition) is 2. The molecule has 0 aliphatic heterocycles. The Hall–Kier alpha value is -1.84. The number of benzene rings is 2. The quantitative estimate of drug-likeness (QED) is 0.885. The van der Waals surface area contributed by atoms with E-state index in [1.54, 1.807) is 6.92 Å². The van der Waals surface area contributed by atoms with E-state index in [1.807, 2.05) is 55.5 Å². The Morgan fingerprint density at radius 1 is 1.11 bits per heavy atom. The lowest BCUT2D eigenvalue weighted by atomic mass is 9.96. The zero-order valence-corrected chi connectivity index (χ0v) is 11.3. The average Bonchev–Trinajstić information content (AvgIpc) is 2.39. The van der Waals surface area contributed by atoms with Crippen LogP contribution in [0.15, 0.2) is 48.5 Å². The highest BCUT2D eigenvalue weighted by Crippen LogP contribution is 2.25. The Bertz CT molecular complexity index is 547. The van der Waals surface area contributed by atoms with Gasteiger partial charge in [-0.1, -0.05) is 24.3 Å². The predicted molar refractivity (Wildman–Crippen MR) is 76.3 cm³/mol. The van der Waals surface area contributed by atoms with Crippen LogP contribution in [0, 0.1) is 6.92 Å². The molecule has 2 rings (SSSR count). The topological polar surface area (TPSA) is 55.5 Å². The van der Waals surface area contributed by atoms with Crippen molar-refractivity contribution < 1.29 is 9.84 Å². The molecule has 3 heteroatoms. The van der Waals surface area contributed by atoms with Gasteiger partial charge in [-0.15, -0.1) is 0 Å². The van der Waals surface area contributed by atoms with Gasteiger partial charge in [0.25, 0.3) is 0 Å². The van der Waals surface area contributed by atoms with Gasteiger partial charge in [0.05, 0.1) is 5.60 Å². The maximum absolute atomic E-state index is 10.0. The summed E-state index contributed by atoms with van der Waals surface area (Å²) in [5.74, 6) is 1.54. The molecule has 1 atom stereocenters. The van der Waals surface area contributed by atoms with E-state index in [4.69, 9.17) is 10.5 Å². The number of aliphatic hydroxyl groups is 1. The minimum atomic E-state index is -0.998. The summed E-state index contributed by atoms with van der Waals surface area (Å²) in [5, 5.41) is 10.0. The van der Waals surface area contributed by atoms with Gasteiger partial charge in [-0.25, -0.2) is 0 Å². The lowest BCUT2D eigenvalue weighted by Crippen LogP contribution is -2.31. The first kappa shape index (κ1) is 13.6. The van der Waals surface area contributed by atoms with Crippen molar-refractivity contribution in [3.8, 4) is 11.5 Å². The molecule has 0 bridgehead atoms. The second-order valence-corrected chi connectivity index (χ2v) is 4.92. The molecule has 0 fully saturated rings. The first-order chi connectivity index (χ1) is 9.01. The number of ether oxygens (including phenoxy) is 1. The van der Waals surface area contributed by atoms with Crippen LogP contribution in [-0.4, -0.2) is 11.7 Å². The smallest absolute Gasteiger partial charge is 0.127 e. The molecule has 0 saturated carbocycles. The first-order valence-electron chi connectivity index (χ1n) is 6.29. The van der Waals surface area contributed by atoms with Crippen LogP contribution in [0.5, 0.6) is 11.5 Å². The van der Waals surface area contributed by atoms with Crippen LogP contribution >= 0.6 is 0 Å². The minimum absolute atomic E-state index is 0.186. The lowest BCUT2D eigenvalue weighted by Gasteiger charge is -2.21. The van der Waals surface area contributed by atoms with E-state index in [2.05, 4.69) is 0 Å². The van der Waals surface area contributed by atoms with E-state index in [1.165, 1.54) is 0 Å². The Labute approximate surface area is 113 Å². The van der Waals surface area contributed by atoms with Gasteiger partial charge in [-0.05, 0) is 49.2 Å². The molecule has 0 saturated heterocycles. The highest BCUT2D eigenvalue weighted by Gasteiger charge is 2.20. The third-order valence-electron chi connectivity index (χ3n) is 3.10. The highest BCUT2D eigenvalue weighted by atomic mass is 16.5. The second kappa shape index (κ2) is 5.43. The van der Waals surface area contributed by atoms with E-state index in [-0.39, 0.29) is 6.54 Å². The van der Waals surface area contributed by atoms with Gasteiger partial charge >= 0.3 is 0 Å². The summed E-state index contributed by atoms with van der Waals surface area (Å²) in [6, 6.07) is 15.2. The largest absolute Gasteiger partial charge is 0.457 e. The molecule has 0 aliphatic carbocycles. The summed E-state index contributed by atoms with van der Waals surface area (Å²) < 4.78 is 5.75. The van der Waals surface area contributed by atoms with Crippen LogP contribution in [0.4, 0.5) is 0 Å². The summed E-state index contributed by atoms with van der Waals surface area (Å²) in [4.78, 5) is 0. The van der Waals surface area contributed by atoms with E-state index >= 15 is 0 Å². The molecule has 0 aromatic heterocycles. The van der Waals surface area contributed by atoms with Gasteiger partial charge < -0.3 is 15.6 Å². The van der Waals surface area contributed by atoms with Crippen molar-refractivity contribution in [2.24, 2.45) is 5.73 Å². The molecule has 0 heterocycles. The van der Waals surface area contributed by atoms with Crippen molar-refractivity contribution >= 4 is 0 Å². The lowest BCUT2D eigenvalue weighted by molar-refractivity contribution is 0.0668. The monoisotopic (exact) mass is 257 g/mol. The molecule has 3 N–H and O–H groups in total. The molecule has 0 spiro atoms. The minimum Gasteiger partial charge on any atom is -0.457 e. The molecule has 0 radical (unpaired) electrons. The number of nitrogens with two attached hydrogens (primary N) is 1. The number of rotatable bonds is 4. The average molecular weight is 257 g/mol. The molecular formula is C16H19NO2. The van der Waals surface area contributed by atoms with Gasteiger partial charge in [0.15, 0.2) is 0 Å². The molecular weight excluding hydrogens is 238 g/mol. The van der Waals surface area contributed by atoms with Crippen LogP contribution in [0.25, 0.3) is 0 Å². The number of aryl methyl sites for hydroxylation is 1. The molecule has 0 amide bonds. The Morgan fingerprint density at radius 2 is 1.79 bits per heavy atom. The fourth-order valence-electron chi connectivity index (χ4n) is 1.81. The first-order valence-corrected chi connectivity index (χ1v) is 6.29. The summed E-state index contributed by atoms with van der Waals surface area (Å²) in [7, 11) is 0. The third-order valence-corrected chi connectivity index (χ3v) is 3.10. The molecule has 3 nitrogen and oxygen atoms in total. The van der Waals surface area contributed by atoms with Gasteiger partial charge in [-0.2, -0.15) is 0 Å². The van der Waals surface area contributed by atoms with Crippen LogP contribution in [0.2, 0.25) is 0 Å². The second-order valence-electron chi connectivity index (χ2n) is 4.92. The summed E-state index contributed by atoms with van der Waals surface area (Å²) in [5.41, 5.74) is 6.47. The van der Waals surface area contributed by atoms with Gasteiger partial charge in [0, 0.05) is 6.54 Å². The van der Waals surface area contributed by atoms with Crippen LogP contribution < -0.4 is 10.5 Å². The fraction of sp³-hybridized carbons (Fsp3) is 0.250. The summed E-state index contributed by atoms with van der Waals surface area (Å²) >= 11 is 0. The molecule has 2 aromatic rings. The SMILES string of the molecule is Cc1cccc(Oc2ccc(C(C)(O)CN)cc2)c1. The zero-order valence-electron chi connectivity index (χ0n) is 11.3. The standard InChI is InChI=1S/C16H19NO2/c1-12-4-3-5-15(10-12)19-14-8-6-13(7-9-14)16(2,18)11-17/h3-10,18H,11,17H2,1-2H3. The van der Waals surface area contributed by atoms with Gasteiger partial charge in [-0.3, -0.25) is 0 Å². The number of hydrogen-bond acceptors (Lipinski definition) is 3. The van der Waals surface area contributed by atoms with Crippen molar-refractivity contribution in [2.45, 2.75) is 19.4 Å². The van der Waals surface area contributed by atoms with Crippen LogP contribution in [0.1, 0.15) is 18.1 Å². The predicted octanol–water partition coefficient (Wildman–Crippen LogP) is 2.95. The normalized spacial score (nSPS) is 13.9. The van der Waals surface area contributed by atoms with E-state index < -0.39 is 5.60 Å². The molecule has 2 aromatic carbocycles. The third kappa shape index (κ3) is 3.34. The van der Waals surface area contributed by atoms with Crippen molar-refractivity contribution in [3.05, 3.63) is 59.7 Å². The fourth-order valence-corrected chi connectivity index (χ4v) is 1.81. The maximum atomic E-state index is 10.0. The van der Waals surface area contributed by atoms with Gasteiger partial charge in [0.2, 0.25) is 0 Å². The maximum Gasteiger partial charge on any atom is 0.127 e. The summed E-state index contributed by atoms with van der Waals surface area (Å²) in [6.45, 7) is 3.91. The Balaban J connectivity index is 2.15. The van der Waals surface area contributed by atoms with E-state index in [0.29, 0.717) is 0 Å². The van der Waals surface area contributed by atoms with Crippen LogP contribution in [-0.2, 0) is 5.60 Å². The highest BCUT2D eigenvalue weighted by molar-refractivity contribution is 5.36. The van der Waals surface area contributed by atoms with Crippen molar-refractivity contribution in [1.82, 2.24) is 0 Å². The van der Waals surface area contributed by atoms with Crippen molar-refractivity contribution in [2.75, 3.05) is 6.54 Å². The zero-order chi connectivity index (χ0) is 13.9. The molecule has 100 valence electrons. The summed E-state index contributed by atoms with van der Waals surface area (Å²) in [6.07, 6.45) is 0. The molecule has 1 unspecified atom stereocenters. The molecule has 19 heavy (non-hydrogen) atoms. The van der Waals surface area contributed by atoms with E-state index in [0.717, 1.165) is 22.6 Å².